The Morgan fingerprint density at radius 3 is 2.50 bits per heavy atom. The van der Waals surface area contributed by atoms with Gasteiger partial charge in [-0.25, -0.2) is 0 Å². The van der Waals surface area contributed by atoms with E-state index in [1.165, 1.54) is 21.7 Å². The average molecular weight is 559 g/mol. The van der Waals surface area contributed by atoms with Crippen LogP contribution in [0.2, 0.25) is 0 Å². The molecule has 1 aromatic carbocycles. The van der Waals surface area contributed by atoms with Crippen molar-refractivity contribution < 1.29 is 22.7 Å². The number of amides is 1. The maximum absolute atomic E-state index is 13.0. The highest BCUT2D eigenvalue weighted by atomic mass is 19.4. The molecule has 40 heavy (non-hydrogen) atoms. The number of piperazine rings is 1. The Bertz CT molecular complexity index is 1280. The van der Waals surface area contributed by atoms with Crippen LogP contribution in [0.4, 0.5) is 24.7 Å². The van der Waals surface area contributed by atoms with Crippen LogP contribution in [0.25, 0.3) is 0 Å². The lowest BCUT2D eigenvalue weighted by Crippen LogP contribution is -2.50. The smallest absolute Gasteiger partial charge is 0.421 e. The zero-order chi connectivity index (χ0) is 28.6. The van der Waals surface area contributed by atoms with Crippen molar-refractivity contribution in [3.05, 3.63) is 52.7 Å². The fourth-order valence-electron chi connectivity index (χ4n) is 5.79. The van der Waals surface area contributed by atoms with E-state index >= 15 is 0 Å². The Balaban J connectivity index is 1.38. The number of fused-ring (bicyclic) bond motifs is 1. The zero-order valence-corrected chi connectivity index (χ0v) is 23.4. The molecule has 2 aromatic rings. The molecule has 0 radical (unpaired) electrons. The summed E-state index contributed by atoms with van der Waals surface area (Å²) in [6.45, 7) is 11.2. The lowest BCUT2D eigenvalue weighted by Gasteiger charge is -2.38. The molecule has 4 heterocycles. The molecule has 0 saturated carbocycles. The van der Waals surface area contributed by atoms with Crippen molar-refractivity contribution in [2.75, 3.05) is 62.7 Å². The van der Waals surface area contributed by atoms with Crippen LogP contribution in [0.1, 0.15) is 35.2 Å². The minimum atomic E-state index is -4.74. The van der Waals surface area contributed by atoms with Gasteiger partial charge in [0.15, 0.2) is 0 Å². The van der Waals surface area contributed by atoms with Gasteiger partial charge in [-0.3, -0.25) is 4.79 Å². The van der Waals surface area contributed by atoms with Crippen molar-refractivity contribution in [3.63, 3.8) is 0 Å². The van der Waals surface area contributed by atoms with Crippen molar-refractivity contribution >= 4 is 17.4 Å². The van der Waals surface area contributed by atoms with Gasteiger partial charge in [-0.05, 0) is 63.9 Å². The number of halogens is 3. The number of carbonyl (C=O) groups excluding carboxylic acids is 1. The summed E-state index contributed by atoms with van der Waals surface area (Å²) in [6, 6.07) is 6.94. The van der Waals surface area contributed by atoms with Gasteiger partial charge in [0.1, 0.15) is 18.0 Å². The van der Waals surface area contributed by atoms with Crippen LogP contribution in [0.3, 0.4) is 0 Å². The largest absolute Gasteiger partial charge is 0.462 e. The Morgan fingerprint density at radius 2 is 1.82 bits per heavy atom. The monoisotopic (exact) mass is 558 g/mol. The number of nitrogens with zero attached hydrogens (tertiary/aromatic N) is 6. The van der Waals surface area contributed by atoms with Crippen molar-refractivity contribution in [1.82, 2.24) is 19.8 Å². The molecule has 1 aromatic heterocycles. The number of hydrogen-bond acceptors (Lipinski definition) is 7. The maximum Gasteiger partial charge on any atom is 0.421 e. The first-order valence-electron chi connectivity index (χ1n) is 13.9. The Hall–Kier alpha value is -3.34. The summed E-state index contributed by atoms with van der Waals surface area (Å²) < 4.78 is 45.3. The minimum absolute atomic E-state index is 0.157. The molecule has 3 aliphatic heterocycles. The number of likely N-dealkylation sites (N-methyl/N-ethyl adjacent to an activating group) is 1. The number of rotatable bonds is 6. The number of likely N-dealkylation sites (tertiary alicyclic amines) is 1. The van der Waals surface area contributed by atoms with Gasteiger partial charge >= 0.3 is 12.2 Å². The zero-order valence-electron chi connectivity index (χ0n) is 23.4. The number of ether oxygens (including phenoxy) is 1. The number of hydrogen-bond donors (Lipinski definition) is 0. The highest BCUT2D eigenvalue weighted by Gasteiger charge is 2.40. The van der Waals surface area contributed by atoms with Gasteiger partial charge in [0.2, 0.25) is 0 Å². The van der Waals surface area contributed by atoms with E-state index in [2.05, 4.69) is 55.5 Å². The summed E-state index contributed by atoms with van der Waals surface area (Å²) in [4.78, 5) is 29.9. The molecular weight excluding hydrogens is 521 g/mol. The fraction of sp³-hybridized carbons (Fsp3) is 0.552. The third-order valence-electron chi connectivity index (χ3n) is 8.48. The van der Waals surface area contributed by atoms with Crippen LogP contribution < -0.4 is 14.5 Å². The average Bonchev–Trinajstić information content (AvgIpc) is 3.35. The number of anilines is 2. The molecule has 11 heteroatoms. The lowest BCUT2D eigenvalue weighted by atomic mass is 10.0. The molecule has 8 nitrogen and oxygen atoms in total. The van der Waals surface area contributed by atoms with Crippen molar-refractivity contribution in [2.24, 2.45) is 0 Å². The Kier molecular flexibility index (Phi) is 7.94. The first kappa shape index (κ1) is 28.2. The van der Waals surface area contributed by atoms with Crippen molar-refractivity contribution in [2.45, 2.75) is 51.9 Å². The predicted molar refractivity (Wildman–Crippen MR) is 148 cm³/mol. The molecule has 216 valence electrons. The van der Waals surface area contributed by atoms with E-state index < -0.39 is 17.7 Å². The third-order valence-corrected chi connectivity index (χ3v) is 8.48. The first-order valence-corrected chi connectivity index (χ1v) is 13.9. The second-order valence-electron chi connectivity index (χ2n) is 11.0. The first-order chi connectivity index (χ1) is 19.0. The van der Waals surface area contributed by atoms with E-state index in [0.717, 1.165) is 49.4 Å². The highest BCUT2D eigenvalue weighted by molar-refractivity contribution is 5.94. The molecule has 1 atom stereocenters. The lowest BCUT2D eigenvalue weighted by molar-refractivity contribution is -0.139. The SMILES string of the molecule is C=C(C(=O)N1CCN(c2nc(OC[C@@H]3CCCN3C)nc3c2CCN(c2cccc(C)c2C)C3)CC1)C(F)(F)F. The van der Waals surface area contributed by atoms with Gasteiger partial charge in [0.25, 0.3) is 5.91 Å². The van der Waals surface area contributed by atoms with Crippen LogP contribution in [0.5, 0.6) is 6.01 Å². The van der Waals surface area contributed by atoms with Crippen LogP contribution in [-0.2, 0) is 17.8 Å². The molecule has 0 spiro atoms. The summed E-state index contributed by atoms with van der Waals surface area (Å²) in [5.41, 5.74) is 4.25. The van der Waals surface area contributed by atoms with E-state index in [0.29, 0.717) is 38.3 Å². The molecule has 2 fully saturated rings. The highest BCUT2D eigenvalue weighted by Crippen LogP contribution is 2.34. The van der Waals surface area contributed by atoms with Gasteiger partial charge in [0.05, 0.1) is 12.2 Å². The summed E-state index contributed by atoms with van der Waals surface area (Å²) in [6.07, 6.45) is -1.81. The Morgan fingerprint density at radius 1 is 1.07 bits per heavy atom. The summed E-state index contributed by atoms with van der Waals surface area (Å²) >= 11 is 0. The van der Waals surface area contributed by atoms with Gasteiger partial charge < -0.3 is 24.3 Å². The molecule has 1 amide bonds. The number of alkyl halides is 3. The van der Waals surface area contributed by atoms with Crippen molar-refractivity contribution in [3.8, 4) is 6.01 Å². The van der Waals surface area contributed by atoms with Gasteiger partial charge in [0, 0.05) is 50.0 Å². The summed E-state index contributed by atoms with van der Waals surface area (Å²) in [7, 11) is 2.09. The van der Waals surface area contributed by atoms with Gasteiger partial charge in [-0.1, -0.05) is 18.7 Å². The number of aromatic nitrogens is 2. The van der Waals surface area contributed by atoms with Crippen LogP contribution in [0, 0.1) is 13.8 Å². The molecule has 0 N–H and O–H groups in total. The van der Waals surface area contributed by atoms with E-state index in [9.17, 15) is 18.0 Å². The van der Waals surface area contributed by atoms with E-state index in [4.69, 9.17) is 14.7 Å². The molecule has 5 rings (SSSR count). The van der Waals surface area contributed by atoms with E-state index in [1.807, 2.05) is 4.90 Å². The van der Waals surface area contributed by atoms with Crippen LogP contribution in [0.15, 0.2) is 30.4 Å². The second kappa shape index (κ2) is 11.3. The third kappa shape index (κ3) is 5.75. The van der Waals surface area contributed by atoms with Gasteiger partial charge in [-0.2, -0.15) is 23.1 Å². The second-order valence-corrected chi connectivity index (χ2v) is 11.0. The van der Waals surface area contributed by atoms with Crippen LogP contribution in [-0.4, -0.2) is 90.8 Å². The molecular formula is C29H37F3N6O2. The minimum Gasteiger partial charge on any atom is -0.462 e. The quantitative estimate of drug-likeness (QED) is 0.499. The van der Waals surface area contributed by atoms with Crippen molar-refractivity contribution in [1.29, 1.82) is 0 Å². The Labute approximate surface area is 233 Å². The molecule has 0 aliphatic carbocycles. The topological polar surface area (TPSA) is 65.0 Å². The normalized spacial score (nSPS) is 20.1. The number of carbonyl (C=O) groups is 1. The standard InChI is InChI=1S/C29H37F3N6O2/c1-19-7-5-9-25(20(19)2)38-12-10-23-24(17-38)33-28(40-18-22-8-6-11-35(22)4)34-26(23)36-13-15-37(16-14-36)27(39)21(3)29(30,31)32/h5,7,9,22H,3,6,8,10-18H2,1-2,4H3/t22-/m0/s1. The predicted octanol–water partition coefficient (Wildman–Crippen LogP) is 3.90. The van der Waals surface area contributed by atoms with E-state index in [-0.39, 0.29) is 13.1 Å². The van der Waals surface area contributed by atoms with Gasteiger partial charge in [-0.15, -0.1) is 0 Å². The maximum atomic E-state index is 13.0. The molecule has 0 bridgehead atoms. The number of aryl methyl sites for hydroxylation is 1. The summed E-state index contributed by atoms with van der Waals surface area (Å²) in [5.74, 6) is -0.312. The molecule has 2 saturated heterocycles. The number of benzene rings is 1. The molecule has 3 aliphatic rings. The molecule has 0 unspecified atom stereocenters. The fourth-order valence-corrected chi connectivity index (χ4v) is 5.79. The van der Waals surface area contributed by atoms with Crippen LogP contribution >= 0.6 is 0 Å². The van der Waals surface area contributed by atoms with E-state index in [1.54, 1.807) is 0 Å². The summed E-state index contributed by atoms with van der Waals surface area (Å²) in [5, 5.41) is 0.